The zero-order valence-electron chi connectivity index (χ0n) is 18.1. The van der Waals surface area contributed by atoms with Crippen LogP contribution < -0.4 is 19.5 Å². The number of fused-ring (bicyclic) bond motifs is 1. The third-order valence-electron chi connectivity index (χ3n) is 5.37. The lowest BCUT2D eigenvalue weighted by Gasteiger charge is -2.10. The highest BCUT2D eigenvalue weighted by Gasteiger charge is 2.16. The predicted molar refractivity (Wildman–Crippen MR) is 119 cm³/mol. The fraction of sp³-hybridized carbons (Fsp3) is 0.333. The second-order valence-corrected chi connectivity index (χ2v) is 7.52. The number of rotatable bonds is 6. The van der Waals surface area contributed by atoms with Gasteiger partial charge in [-0.05, 0) is 50.1 Å². The van der Waals surface area contributed by atoms with E-state index < -0.39 is 0 Å². The molecule has 0 atom stereocenters. The van der Waals surface area contributed by atoms with E-state index in [0.29, 0.717) is 43.2 Å². The average molecular weight is 421 g/mol. The van der Waals surface area contributed by atoms with Crippen LogP contribution in [0.1, 0.15) is 29.8 Å². The van der Waals surface area contributed by atoms with Crippen molar-refractivity contribution in [1.29, 1.82) is 0 Å². The minimum Gasteiger partial charge on any atom is -0.497 e. The molecule has 0 radical (unpaired) electrons. The summed E-state index contributed by atoms with van der Waals surface area (Å²) in [5.41, 5.74) is 4.66. The number of nitrogens with one attached hydrogen (secondary N) is 1. The Balaban J connectivity index is 1.43. The first-order valence-corrected chi connectivity index (χ1v) is 10.4. The fourth-order valence-electron chi connectivity index (χ4n) is 3.73. The summed E-state index contributed by atoms with van der Waals surface area (Å²) >= 11 is 0. The van der Waals surface area contributed by atoms with Crippen LogP contribution in [0.15, 0.2) is 42.5 Å². The van der Waals surface area contributed by atoms with Crippen molar-refractivity contribution >= 4 is 11.6 Å². The molecule has 0 unspecified atom stereocenters. The molecule has 31 heavy (non-hydrogen) atoms. The van der Waals surface area contributed by atoms with Crippen LogP contribution in [0, 0.1) is 13.8 Å². The third-order valence-corrected chi connectivity index (χ3v) is 5.37. The number of nitrogens with zero attached hydrogens (tertiary/aromatic N) is 2. The molecular weight excluding hydrogens is 394 g/mol. The van der Waals surface area contributed by atoms with Gasteiger partial charge in [0.25, 0.3) is 0 Å². The molecule has 1 N–H and O–H groups in total. The summed E-state index contributed by atoms with van der Waals surface area (Å²) in [4.78, 5) is 12.6. The van der Waals surface area contributed by atoms with Crippen LogP contribution in [0.3, 0.4) is 0 Å². The number of carbonyl (C=O) groups excluding carboxylic acids is 1. The second-order valence-electron chi connectivity index (χ2n) is 7.52. The van der Waals surface area contributed by atoms with Gasteiger partial charge in [-0.1, -0.05) is 6.07 Å². The number of aryl methyl sites for hydroxylation is 1. The minimum atomic E-state index is -0.0533. The summed E-state index contributed by atoms with van der Waals surface area (Å²) in [6.07, 6.45) is 1.82. The Bertz CT molecular complexity index is 1090. The van der Waals surface area contributed by atoms with Gasteiger partial charge in [-0.15, -0.1) is 0 Å². The van der Waals surface area contributed by atoms with Crippen molar-refractivity contribution in [2.75, 3.05) is 25.6 Å². The van der Waals surface area contributed by atoms with Gasteiger partial charge in [-0.3, -0.25) is 4.79 Å². The van der Waals surface area contributed by atoms with E-state index in [1.165, 1.54) is 0 Å². The number of carbonyl (C=O) groups is 1. The largest absolute Gasteiger partial charge is 0.497 e. The van der Waals surface area contributed by atoms with E-state index in [2.05, 4.69) is 10.4 Å². The molecule has 4 rings (SSSR count). The number of anilines is 1. The highest BCUT2D eigenvalue weighted by atomic mass is 16.5. The molecule has 1 aliphatic heterocycles. The third kappa shape index (κ3) is 4.66. The second kappa shape index (κ2) is 9.12. The van der Waals surface area contributed by atoms with Crippen LogP contribution in [0.25, 0.3) is 5.69 Å². The summed E-state index contributed by atoms with van der Waals surface area (Å²) in [5.74, 6) is 2.11. The van der Waals surface area contributed by atoms with Gasteiger partial charge in [0.1, 0.15) is 5.75 Å². The predicted octanol–water partition coefficient (Wildman–Crippen LogP) is 4.23. The number of hydrogen-bond donors (Lipinski definition) is 1. The Morgan fingerprint density at radius 1 is 1.13 bits per heavy atom. The molecule has 0 saturated heterocycles. The van der Waals surface area contributed by atoms with E-state index in [4.69, 9.17) is 14.2 Å². The molecule has 162 valence electrons. The maximum absolute atomic E-state index is 12.6. The van der Waals surface area contributed by atoms with Crippen LogP contribution in [0.4, 0.5) is 5.69 Å². The summed E-state index contributed by atoms with van der Waals surface area (Å²) in [6.45, 7) is 5.25. The SMILES string of the molecule is COc1cccc(-n2nc(C)c(CCC(=O)Nc3ccc4c(c3)OCCCO4)c2C)c1. The van der Waals surface area contributed by atoms with Crippen molar-refractivity contribution in [2.24, 2.45) is 0 Å². The molecule has 0 fully saturated rings. The molecule has 0 spiro atoms. The van der Waals surface area contributed by atoms with Gasteiger partial charge in [0.2, 0.25) is 5.91 Å². The molecule has 0 bridgehead atoms. The normalized spacial score (nSPS) is 12.9. The molecular formula is C24H27N3O4. The molecule has 7 nitrogen and oxygen atoms in total. The lowest BCUT2D eigenvalue weighted by molar-refractivity contribution is -0.116. The van der Waals surface area contributed by atoms with E-state index in [9.17, 15) is 4.79 Å². The Hall–Kier alpha value is -3.48. The quantitative estimate of drug-likeness (QED) is 0.645. The van der Waals surface area contributed by atoms with Crippen LogP contribution in [-0.2, 0) is 11.2 Å². The maximum atomic E-state index is 12.6. The van der Waals surface area contributed by atoms with Crippen LogP contribution in [0.5, 0.6) is 17.2 Å². The topological polar surface area (TPSA) is 74.6 Å². The maximum Gasteiger partial charge on any atom is 0.224 e. The van der Waals surface area contributed by atoms with Crippen molar-refractivity contribution in [3.63, 3.8) is 0 Å². The average Bonchev–Trinajstić information content (AvgIpc) is 2.93. The monoisotopic (exact) mass is 421 g/mol. The lowest BCUT2D eigenvalue weighted by Crippen LogP contribution is -2.13. The Kier molecular flexibility index (Phi) is 6.11. The highest BCUT2D eigenvalue weighted by Crippen LogP contribution is 2.32. The standard InChI is InChI=1S/C24H27N3O4/c1-16-21(17(2)27(26-16)19-6-4-7-20(15-19)29-3)9-11-24(28)25-18-8-10-22-23(14-18)31-13-5-12-30-22/h4,6-8,10,14-15H,5,9,11-13H2,1-3H3,(H,25,28). The number of ether oxygens (including phenoxy) is 3. The minimum absolute atomic E-state index is 0.0533. The van der Waals surface area contributed by atoms with Crippen LogP contribution in [-0.4, -0.2) is 36.0 Å². The zero-order valence-corrected chi connectivity index (χ0v) is 18.1. The summed E-state index contributed by atoms with van der Waals surface area (Å²) in [6, 6.07) is 13.3. The van der Waals surface area contributed by atoms with Gasteiger partial charge < -0.3 is 19.5 Å². The van der Waals surface area contributed by atoms with E-state index in [0.717, 1.165) is 34.8 Å². The zero-order chi connectivity index (χ0) is 21.8. The number of aromatic nitrogens is 2. The Morgan fingerprint density at radius 3 is 2.74 bits per heavy atom. The van der Waals surface area contributed by atoms with Crippen molar-refractivity contribution in [3.05, 3.63) is 59.4 Å². The first kappa shape index (κ1) is 20.8. The number of benzene rings is 2. The molecule has 1 aromatic heterocycles. The number of amides is 1. The molecule has 1 aliphatic rings. The van der Waals surface area contributed by atoms with E-state index >= 15 is 0 Å². The smallest absolute Gasteiger partial charge is 0.224 e. The molecule has 2 aromatic carbocycles. The van der Waals surface area contributed by atoms with Crippen molar-refractivity contribution < 1.29 is 19.0 Å². The molecule has 0 aliphatic carbocycles. The first-order chi connectivity index (χ1) is 15.0. The van der Waals surface area contributed by atoms with Gasteiger partial charge in [0, 0.05) is 36.4 Å². The fourth-order valence-corrected chi connectivity index (χ4v) is 3.73. The first-order valence-electron chi connectivity index (χ1n) is 10.4. The highest BCUT2D eigenvalue weighted by molar-refractivity contribution is 5.91. The van der Waals surface area contributed by atoms with Crippen LogP contribution in [0.2, 0.25) is 0 Å². The van der Waals surface area contributed by atoms with E-state index in [1.54, 1.807) is 7.11 Å². The van der Waals surface area contributed by atoms with Gasteiger partial charge in [-0.25, -0.2) is 4.68 Å². The lowest BCUT2D eigenvalue weighted by atomic mass is 10.1. The van der Waals surface area contributed by atoms with Gasteiger partial charge in [-0.2, -0.15) is 5.10 Å². The molecule has 0 saturated carbocycles. The molecule has 2 heterocycles. The van der Waals surface area contributed by atoms with Crippen LogP contribution >= 0.6 is 0 Å². The van der Waals surface area contributed by atoms with E-state index in [1.807, 2.05) is 61.0 Å². The summed E-state index contributed by atoms with van der Waals surface area (Å²) in [7, 11) is 1.65. The Labute approximate surface area is 181 Å². The summed E-state index contributed by atoms with van der Waals surface area (Å²) in [5, 5.41) is 7.63. The van der Waals surface area contributed by atoms with Crippen molar-refractivity contribution in [2.45, 2.75) is 33.1 Å². The molecule has 1 amide bonds. The van der Waals surface area contributed by atoms with E-state index in [-0.39, 0.29) is 5.91 Å². The van der Waals surface area contributed by atoms with Crippen molar-refractivity contribution in [3.8, 4) is 22.9 Å². The number of hydrogen-bond acceptors (Lipinski definition) is 5. The van der Waals surface area contributed by atoms with Gasteiger partial charge >= 0.3 is 0 Å². The van der Waals surface area contributed by atoms with Gasteiger partial charge in [0.05, 0.1) is 31.7 Å². The molecule has 7 heteroatoms. The number of methoxy groups -OCH3 is 1. The Morgan fingerprint density at radius 2 is 1.94 bits per heavy atom. The van der Waals surface area contributed by atoms with Crippen molar-refractivity contribution in [1.82, 2.24) is 9.78 Å². The molecule has 3 aromatic rings. The van der Waals surface area contributed by atoms with Gasteiger partial charge in [0.15, 0.2) is 11.5 Å². The summed E-state index contributed by atoms with van der Waals surface area (Å²) < 4.78 is 18.6.